The summed E-state index contributed by atoms with van der Waals surface area (Å²) in [4.78, 5) is 4.20. The molecule has 70 valence electrons. The van der Waals surface area contributed by atoms with Gasteiger partial charge < -0.3 is 11.5 Å². The summed E-state index contributed by atoms with van der Waals surface area (Å²) >= 11 is 0. The summed E-state index contributed by atoms with van der Waals surface area (Å²) in [7, 11) is 0. The van der Waals surface area contributed by atoms with Gasteiger partial charge in [-0.25, -0.2) is 0 Å². The van der Waals surface area contributed by atoms with E-state index in [1.165, 1.54) is 0 Å². The monoisotopic (exact) mass is 185 g/mol. The molecule has 0 atom stereocenters. The molecule has 0 aliphatic rings. The maximum Gasteiger partial charge on any atom is 0.0724 e. The highest BCUT2D eigenvalue weighted by Gasteiger charge is 2.01. The zero-order valence-electron chi connectivity index (χ0n) is 7.64. The second-order valence-corrected chi connectivity index (χ2v) is 3.06. The van der Waals surface area contributed by atoms with Gasteiger partial charge in [-0.15, -0.1) is 0 Å². The van der Waals surface area contributed by atoms with Gasteiger partial charge in [-0.1, -0.05) is 18.2 Å². The fourth-order valence-electron chi connectivity index (χ4n) is 1.29. The molecule has 0 amide bonds. The van der Waals surface area contributed by atoms with Gasteiger partial charge in [0.05, 0.1) is 17.6 Å². The number of rotatable bonds is 1. The summed E-state index contributed by atoms with van der Waals surface area (Å²) in [6.45, 7) is 0. The molecule has 2 aromatic rings. The summed E-state index contributed by atoms with van der Waals surface area (Å²) in [6.07, 6.45) is 1.63. The Morgan fingerprint density at radius 3 is 2.36 bits per heavy atom. The van der Waals surface area contributed by atoms with Crippen molar-refractivity contribution in [1.82, 2.24) is 4.98 Å². The summed E-state index contributed by atoms with van der Waals surface area (Å²) in [5.74, 6) is 0. The predicted octanol–water partition coefficient (Wildman–Crippen LogP) is 1.91. The van der Waals surface area contributed by atoms with Crippen LogP contribution in [0.2, 0.25) is 0 Å². The molecule has 3 heteroatoms. The van der Waals surface area contributed by atoms with Crippen LogP contribution in [0.1, 0.15) is 0 Å². The minimum atomic E-state index is 0.656. The highest BCUT2D eigenvalue weighted by atomic mass is 14.7. The van der Waals surface area contributed by atoms with Crippen LogP contribution in [-0.2, 0) is 0 Å². The first-order chi connectivity index (χ1) is 6.77. The van der Waals surface area contributed by atoms with E-state index in [1.54, 1.807) is 6.20 Å². The van der Waals surface area contributed by atoms with Crippen molar-refractivity contribution in [3.05, 3.63) is 42.6 Å². The van der Waals surface area contributed by atoms with Gasteiger partial charge >= 0.3 is 0 Å². The predicted molar refractivity (Wildman–Crippen MR) is 58.5 cm³/mol. The van der Waals surface area contributed by atoms with Crippen molar-refractivity contribution in [2.24, 2.45) is 0 Å². The molecule has 0 unspecified atom stereocenters. The molecule has 0 aliphatic heterocycles. The van der Waals surface area contributed by atoms with Crippen molar-refractivity contribution >= 4 is 11.4 Å². The van der Waals surface area contributed by atoms with E-state index in [-0.39, 0.29) is 0 Å². The lowest BCUT2D eigenvalue weighted by Crippen LogP contribution is -1.92. The summed E-state index contributed by atoms with van der Waals surface area (Å²) in [5.41, 5.74) is 14.5. The van der Waals surface area contributed by atoms with Crippen LogP contribution < -0.4 is 11.5 Å². The quantitative estimate of drug-likeness (QED) is 0.667. The van der Waals surface area contributed by atoms with Crippen LogP contribution in [0.15, 0.2) is 42.6 Å². The lowest BCUT2D eigenvalue weighted by molar-refractivity contribution is 1.33. The summed E-state index contributed by atoms with van der Waals surface area (Å²) in [6, 6.07) is 11.3. The molecule has 4 N–H and O–H groups in total. The Balaban J connectivity index is 2.50. The Morgan fingerprint density at radius 2 is 1.71 bits per heavy atom. The van der Waals surface area contributed by atoms with Crippen molar-refractivity contribution in [3.8, 4) is 11.3 Å². The fraction of sp³-hybridized carbons (Fsp3) is 0. The van der Waals surface area contributed by atoms with Gasteiger partial charge in [0.25, 0.3) is 0 Å². The molecule has 1 aromatic heterocycles. The third-order valence-corrected chi connectivity index (χ3v) is 2.02. The average Bonchev–Trinajstić information content (AvgIpc) is 2.20. The highest BCUT2D eigenvalue weighted by molar-refractivity contribution is 5.73. The molecular formula is C11H11N3. The molecule has 0 saturated carbocycles. The zero-order valence-corrected chi connectivity index (χ0v) is 7.64. The van der Waals surface area contributed by atoms with Crippen LogP contribution in [0, 0.1) is 0 Å². The van der Waals surface area contributed by atoms with Crippen molar-refractivity contribution in [2.75, 3.05) is 11.5 Å². The molecule has 1 aromatic carbocycles. The average molecular weight is 185 g/mol. The first-order valence-electron chi connectivity index (χ1n) is 4.34. The number of nitrogen functional groups attached to an aromatic ring is 2. The Labute approximate surface area is 82.4 Å². The molecular weight excluding hydrogens is 174 g/mol. The van der Waals surface area contributed by atoms with E-state index >= 15 is 0 Å². The second-order valence-electron chi connectivity index (χ2n) is 3.06. The van der Waals surface area contributed by atoms with E-state index in [0.29, 0.717) is 5.69 Å². The number of hydrogen-bond donors (Lipinski definition) is 2. The number of nitrogens with zero attached hydrogens (tertiary/aromatic N) is 1. The fourth-order valence-corrected chi connectivity index (χ4v) is 1.29. The Bertz CT molecular complexity index is 435. The van der Waals surface area contributed by atoms with Crippen LogP contribution in [0.3, 0.4) is 0 Å². The van der Waals surface area contributed by atoms with Gasteiger partial charge in [-0.2, -0.15) is 0 Å². The van der Waals surface area contributed by atoms with E-state index in [0.717, 1.165) is 16.9 Å². The topological polar surface area (TPSA) is 64.9 Å². The summed E-state index contributed by atoms with van der Waals surface area (Å²) in [5, 5.41) is 0. The number of anilines is 2. The minimum Gasteiger partial charge on any atom is -0.398 e. The Hall–Kier alpha value is -2.03. The van der Waals surface area contributed by atoms with E-state index < -0.39 is 0 Å². The molecule has 0 spiro atoms. The van der Waals surface area contributed by atoms with Gasteiger partial charge in [-0.3, -0.25) is 4.98 Å². The normalized spacial score (nSPS) is 10.0. The van der Waals surface area contributed by atoms with Gasteiger partial charge in [0.2, 0.25) is 0 Å². The van der Waals surface area contributed by atoms with Crippen molar-refractivity contribution in [1.29, 1.82) is 0 Å². The number of aromatic nitrogens is 1. The SMILES string of the molecule is Nc1ccc(-c2ccccc2N)nc1. The maximum atomic E-state index is 5.82. The van der Waals surface area contributed by atoms with E-state index in [1.807, 2.05) is 36.4 Å². The van der Waals surface area contributed by atoms with Gasteiger partial charge in [0, 0.05) is 11.3 Å². The van der Waals surface area contributed by atoms with E-state index in [4.69, 9.17) is 11.5 Å². The molecule has 1 heterocycles. The van der Waals surface area contributed by atoms with Crippen molar-refractivity contribution in [2.45, 2.75) is 0 Å². The number of pyridine rings is 1. The Morgan fingerprint density at radius 1 is 0.929 bits per heavy atom. The van der Waals surface area contributed by atoms with Crippen LogP contribution in [0.25, 0.3) is 11.3 Å². The maximum absolute atomic E-state index is 5.82. The molecule has 2 rings (SSSR count). The largest absolute Gasteiger partial charge is 0.398 e. The lowest BCUT2D eigenvalue weighted by atomic mass is 10.1. The highest BCUT2D eigenvalue weighted by Crippen LogP contribution is 2.23. The van der Waals surface area contributed by atoms with Crippen molar-refractivity contribution in [3.63, 3.8) is 0 Å². The van der Waals surface area contributed by atoms with Crippen LogP contribution in [0.5, 0.6) is 0 Å². The number of benzene rings is 1. The Kier molecular flexibility index (Phi) is 2.07. The van der Waals surface area contributed by atoms with Crippen LogP contribution in [-0.4, -0.2) is 4.98 Å². The van der Waals surface area contributed by atoms with E-state index in [2.05, 4.69) is 4.98 Å². The molecule has 0 radical (unpaired) electrons. The lowest BCUT2D eigenvalue weighted by Gasteiger charge is -2.04. The molecule has 0 saturated heterocycles. The molecule has 0 fully saturated rings. The molecule has 0 bridgehead atoms. The first-order valence-corrected chi connectivity index (χ1v) is 4.34. The van der Waals surface area contributed by atoms with Crippen LogP contribution in [0.4, 0.5) is 11.4 Å². The third kappa shape index (κ3) is 1.52. The number of hydrogen-bond acceptors (Lipinski definition) is 3. The standard InChI is InChI=1S/C11H11N3/c12-8-5-6-11(14-7-8)9-3-1-2-4-10(9)13/h1-7H,12-13H2. The molecule has 0 aliphatic carbocycles. The van der Waals surface area contributed by atoms with Crippen molar-refractivity contribution < 1.29 is 0 Å². The molecule has 3 nitrogen and oxygen atoms in total. The zero-order chi connectivity index (χ0) is 9.97. The minimum absolute atomic E-state index is 0.656. The smallest absolute Gasteiger partial charge is 0.0724 e. The summed E-state index contributed by atoms with van der Waals surface area (Å²) < 4.78 is 0. The third-order valence-electron chi connectivity index (χ3n) is 2.02. The van der Waals surface area contributed by atoms with Crippen LogP contribution >= 0.6 is 0 Å². The van der Waals surface area contributed by atoms with Gasteiger partial charge in [0.1, 0.15) is 0 Å². The second kappa shape index (κ2) is 3.38. The molecule has 14 heavy (non-hydrogen) atoms. The number of para-hydroxylation sites is 1. The first kappa shape index (κ1) is 8.56. The van der Waals surface area contributed by atoms with Gasteiger partial charge in [-0.05, 0) is 18.2 Å². The van der Waals surface area contributed by atoms with Gasteiger partial charge in [0.15, 0.2) is 0 Å². The number of nitrogens with two attached hydrogens (primary N) is 2. The van der Waals surface area contributed by atoms with E-state index in [9.17, 15) is 0 Å².